The number of para-hydroxylation sites is 8. The van der Waals surface area contributed by atoms with Gasteiger partial charge >= 0.3 is 0 Å². The quantitative estimate of drug-likeness (QED) is 0.0979. The molecule has 0 aliphatic carbocycles. The second-order valence-electron chi connectivity index (χ2n) is 36.6. The van der Waals surface area contributed by atoms with Gasteiger partial charge in [-0.05, 0) is 242 Å². The van der Waals surface area contributed by atoms with Crippen LogP contribution >= 0.6 is 0 Å². The number of hydrogen-bond donors (Lipinski definition) is 0. The topological polar surface area (TPSA) is 29.6 Å². The van der Waals surface area contributed by atoms with Gasteiger partial charge in [-0.1, -0.05) is 394 Å². The van der Waals surface area contributed by atoms with Gasteiger partial charge in [0.25, 0.3) is 0 Å². The molecule has 0 saturated heterocycles. The molecule has 6 heteroatoms. The Balaban J connectivity index is 0.000000109. The maximum absolute atomic E-state index is 2.43. The molecule has 0 atom stereocenters. The number of nitrogens with zero attached hydrogens (tertiary/aromatic N) is 6. The molecule has 0 aliphatic heterocycles. The van der Waals surface area contributed by atoms with Crippen molar-refractivity contribution in [1.82, 2.24) is 27.4 Å². The Hall–Kier alpha value is -18.9. The lowest BCUT2D eigenvalue weighted by atomic mass is 9.96. The lowest BCUT2D eigenvalue weighted by Gasteiger charge is -2.13. The van der Waals surface area contributed by atoms with E-state index in [0.717, 1.165) is 34.1 Å². The third-order valence-electron chi connectivity index (χ3n) is 28.4. The summed E-state index contributed by atoms with van der Waals surface area (Å²) in [6.45, 7) is 0. The molecule has 6 heterocycles. The Labute approximate surface area is 823 Å². The van der Waals surface area contributed by atoms with E-state index in [0.29, 0.717) is 0 Å². The zero-order valence-electron chi connectivity index (χ0n) is 77.8. The molecule has 0 radical (unpaired) electrons. The van der Waals surface area contributed by atoms with Crippen LogP contribution in [0.5, 0.6) is 0 Å². The zero-order chi connectivity index (χ0) is 93.9. The van der Waals surface area contributed by atoms with E-state index < -0.39 is 0 Å². The van der Waals surface area contributed by atoms with E-state index in [1.165, 1.54) is 209 Å². The fourth-order valence-corrected chi connectivity index (χ4v) is 21.9. The van der Waals surface area contributed by atoms with Crippen molar-refractivity contribution in [3.63, 3.8) is 0 Å². The minimum absolute atomic E-state index is 1.15. The second kappa shape index (κ2) is 36.0. The molecule has 0 bridgehead atoms. The van der Waals surface area contributed by atoms with Crippen LogP contribution in [-0.4, -0.2) is 27.4 Å². The minimum Gasteiger partial charge on any atom is -0.309 e. The molecular formula is C136H92N6. The molecule has 142 heavy (non-hydrogen) atoms. The zero-order valence-corrected chi connectivity index (χ0v) is 77.8. The molecule has 6 nitrogen and oxygen atoms in total. The van der Waals surface area contributed by atoms with Crippen LogP contribution in [0.3, 0.4) is 0 Å². The molecule has 0 saturated carbocycles. The smallest absolute Gasteiger partial charge is 0.0619 e. The highest BCUT2D eigenvalue weighted by atomic mass is 15.0. The normalized spacial score (nSPS) is 11.5. The van der Waals surface area contributed by atoms with Crippen molar-refractivity contribution in [1.29, 1.82) is 0 Å². The number of hydrogen-bond acceptors (Lipinski definition) is 0. The van der Waals surface area contributed by atoms with Crippen molar-refractivity contribution in [2.75, 3.05) is 0 Å². The van der Waals surface area contributed by atoms with Crippen molar-refractivity contribution in [2.24, 2.45) is 0 Å². The molecular weight excluding hydrogens is 1720 g/mol. The van der Waals surface area contributed by atoms with Crippen LogP contribution in [0.2, 0.25) is 0 Å². The first-order valence-electron chi connectivity index (χ1n) is 48.8. The third-order valence-corrected chi connectivity index (χ3v) is 28.4. The lowest BCUT2D eigenvalue weighted by molar-refractivity contribution is 1.13. The maximum Gasteiger partial charge on any atom is 0.0619 e. The summed E-state index contributed by atoms with van der Waals surface area (Å²) in [5.41, 5.74) is 40.8. The van der Waals surface area contributed by atoms with Gasteiger partial charge in [-0.15, -0.1) is 0 Å². The second-order valence-corrected chi connectivity index (χ2v) is 36.6. The fourth-order valence-electron chi connectivity index (χ4n) is 21.9. The van der Waals surface area contributed by atoms with Crippen LogP contribution in [0.1, 0.15) is 0 Å². The van der Waals surface area contributed by atoms with Gasteiger partial charge in [0.1, 0.15) is 0 Å². The molecule has 22 aromatic carbocycles. The first-order chi connectivity index (χ1) is 70.5. The average Bonchev–Trinajstić information content (AvgIpc) is 1.58. The number of aromatic nitrogens is 6. The van der Waals surface area contributed by atoms with E-state index in [2.05, 4.69) is 586 Å². The van der Waals surface area contributed by atoms with Crippen molar-refractivity contribution >= 4 is 109 Å². The SMILES string of the molecule is c1ccc(-c2c(-c3ccccc3)n(-c3ccccc3)c3cc(-c4ccc(-n5c6ccccc6c6ccccc65)cc4)ccc23)cc1.c1ccc(-c2c(-c3ccccc3)n(-c3ccccc3)c3ccc(-c4ccc(-n5c6ccccc6c6ccccc65)cc4)cc23)cc1.c1ccc(-c2ccc3c(c2)c2cc(-c4ccc5c(c4)c4cc(-c6ccccc6)ccc4n5-c4ccccc4)ccc2n3-c2ccccc2)cc1. The Morgan fingerprint density at radius 1 is 0.0915 bits per heavy atom. The van der Waals surface area contributed by atoms with E-state index in [9.17, 15) is 0 Å². The predicted molar refractivity (Wildman–Crippen MR) is 599 cm³/mol. The van der Waals surface area contributed by atoms with Gasteiger partial charge in [0.15, 0.2) is 0 Å². The monoisotopic (exact) mass is 1810 g/mol. The van der Waals surface area contributed by atoms with Crippen molar-refractivity contribution in [3.05, 3.63) is 558 Å². The van der Waals surface area contributed by atoms with E-state index in [1.54, 1.807) is 0 Å². The highest BCUT2D eigenvalue weighted by Gasteiger charge is 2.27. The van der Waals surface area contributed by atoms with Gasteiger partial charge < -0.3 is 27.4 Å². The largest absolute Gasteiger partial charge is 0.309 e. The lowest BCUT2D eigenvalue weighted by Crippen LogP contribution is -1.97. The Bertz CT molecular complexity index is 8900. The third kappa shape index (κ3) is 14.8. The van der Waals surface area contributed by atoms with Gasteiger partial charge in [0, 0.05) is 99.1 Å². The Morgan fingerprint density at radius 2 is 0.282 bits per heavy atom. The molecule has 28 aromatic rings. The Kier molecular flexibility index (Phi) is 21.2. The summed E-state index contributed by atoms with van der Waals surface area (Å²) in [4.78, 5) is 0. The van der Waals surface area contributed by atoms with Gasteiger partial charge in [0.2, 0.25) is 0 Å². The van der Waals surface area contributed by atoms with Gasteiger partial charge in [-0.25, -0.2) is 0 Å². The number of benzene rings is 22. The van der Waals surface area contributed by atoms with Gasteiger partial charge in [-0.2, -0.15) is 0 Å². The molecule has 666 valence electrons. The van der Waals surface area contributed by atoms with Crippen LogP contribution in [0.4, 0.5) is 0 Å². The first kappa shape index (κ1) is 83.7. The molecule has 0 N–H and O–H groups in total. The van der Waals surface area contributed by atoms with Crippen LogP contribution in [0.15, 0.2) is 558 Å². The summed E-state index contributed by atoms with van der Waals surface area (Å²) in [5, 5.41) is 12.6. The van der Waals surface area contributed by atoms with E-state index in [4.69, 9.17) is 0 Å². The first-order valence-corrected chi connectivity index (χ1v) is 48.8. The Morgan fingerprint density at radius 3 is 0.592 bits per heavy atom. The van der Waals surface area contributed by atoms with Crippen molar-refractivity contribution in [2.45, 2.75) is 0 Å². The molecule has 6 aromatic heterocycles. The maximum atomic E-state index is 2.43. The minimum atomic E-state index is 1.15. The van der Waals surface area contributed by atoms with Gasteiger partial charge in [0.05, 0.1) is 66.6 Å². The molecule has 0 amide bonds. The average molecular weight is 1810 g/mol. The molecule has 0 unspecified atom stereocenters. The summed E-state index contributed by atoms with van der Waals surface area (Å²) in [6.07, 6.45) is 0. The van der Waals surface area contributed by atoms with Gasteiger partial charge in [-0.3, -0.25) is 0 Å². The van der Waals surface area contributed by atoms with Crippen molar-refractivity contribution in [3.8, 4) is 135 Å². The highest BCUT2D eigenvalue weighted by molar-refractivity contribution is 6.16. The number of fused-ring (bicyclic) bond motifs is 14. The fraction of sp³-hybridized carbons (Fsp3) is 0. The highest BCUT2D eigenvalue weighted by Crippen LogP contribution is 2.49. The van der Waals surface area contributed by atoms with E-state index >= 15 is 0 Å². The van der Waals surface area contributed by atoms with Crippen LogP contribution < -0.4 is 0 Å². The van der Waals surface area contributed by atoms with Crippen LogP contribution in [0, 0.1) is 0 Å². The summed E-state index contributed by atoms with van der Waals surface area (Å²) >= 11 is 0. The van der Waals surface area contributed by atoms with Crippen LogP contribution in [0.25, 0.3) is 244 Å². The number of rotatable bonds is 15. The summed E-state index contributed by atoms with van der Waals surface area (Å²) in [6, 6.07) is 202. The molecule has 28 rings (SSSR count). The molecule has 0 fully saturated rings. The summed E-state index contributed by atoms with van der Waals surface area (Å²) < 4.78 is 14.4. The molecule has 0 aliphatic rings. The molecule has 0 spiro atoms. The van der Waals surface area contributed by atoms with E-state index in [1.807, 2.05) is 0 Å². The van der Waals surface area contributed by atoms with E-state index in [-0.39, 0.29) is 0 Å². The standard InChI is InChI=1S/C48H32N2.2C44H30N2/c1-5-13-33(14-6-1)35-21-25-45-41(29-35)43-31-37(23-27-47(43)49(45)39-17-9-3-10-18-39)38-24-28-48-44(32-38)42-30-36(34-15-7-2-8-16-34)22-26-46(42)50(48)40-19-11-4-12-20-40;1-4-14-32(15-5-1)43-39-30-34(26-29-42(39)46(35-18-8-3-9-19-35)44(43)33-16-6-2-7-17-33)31-24-27-36(28-25-31)45-40-22-12-10-20-37(40)38-21-11-13-23-41(38)45;1-4-14-32(15-5-1)43-39-29-26-34(30-42(39)46(35-18-8-3-9-19-35)44(43)33-16-6-2-7-17-33)31-24-27-36(28-25-31)45-40-22-12-10-20-37(40)38-21-11-13-23-41(38)45/h1-32H;2*1-30H. The van der Waals surface area contributed by atoms with Crippen LogP contribution in [-0.2, 0) is 0 Å². The van der Waals surface area contributed by atoms with Crippen molar-refractivity contribution < 1.29 is 0 Å². The summed E-state index contributed by atoms with van der Waals surface area (Å²) in [7, 11) is 0. The summed E-state index contributed by atoms with van der Waals surface area (Å²) in [5.74, 6) is 0. The predicted octanol–water partition coefficient (Wildman–Crippen LogP) is 36.3.